The van der Waals surface area contributed by atoms with Crippen LogP contribution in [0.1, 0.15) is 32.2 Å². The van der Waals surface area contributed by atoms with Crippen molar-refractivity contribution in [3.8, 4) is 11.5 Å². The van der Waals surface area contributed by atoms with Crippen molar-refractivity contribution in [3.63, 3.8) is 0 Å². The topological polar surface area (TPSA) is 93.2 Å². The lowest BCUT2D eigenvalue weighted by Gasteiger charge is -2.40. The van der Waals surface area contributed by atoms with Crippen LogP contribution in [0.2, 0.25) is 5.02 Å². The van der Waals surface area contributed by atoms with E-state index in [0.717, 1.165) is 0 Å². The number of halogens is 3. The second-order valence-corrected chi connectivity index (χ2v) is 9.86. The predicted molar refractivity (Wildman–Crippen MR) is 143 cm³/mol. The van der Waals surface area contributed by atoms with Gasteiger partial charge in [-0.3, -0.25) is 19.2 Å². The molecule has 0 N–H and O–H groups in total. The number of fused-ring (bicyclic) bond motifs is 2. The molecule has 0 unspecified atom stereocenters. The first-order chi connectivity index (χ1) is 19.1. The smallest absolute Gasteiger partial charge is 0.387 e. The second-order valence-electron chi connectivity index (χ2n) is 9.45. The molecule has 2 heterocycles. The van der Waals surface area contributed by atoms with Gasteiger partial charge in [0, 0.05) is 31.1 Å². The lowest BCUT2D eigenvalue weighted by Crippen LogP contribution is -2.52. The Labute approximate surface area is 233 Å². The third-order valence-corrected chi connectivity index (χ3v) is 7.66. The van der Waals surface area contributed by atoms with Gasteiger partial charge in [-0.05, 0) is 42.0 Å². The number of ether oxygens (including phenoxy) is 2. The lowest BCUT2D eigenvalue weighted by molar-refractivity contribution is -0.124. The Morgan fingerprint density at radius 1 is 0.800 bits per heavy atom. The molecular formula is C29H23ClF2N2O6. The first kappa shape index (κ1) is 27.3. The van der Waals surface area contributed by atoms with Gasteiger partial charge < -0.3 is 19.3 Å². The van der Waals surface area contributed by atoms with Gasteiger partial charge >= 0.3 is 6.61 Å². The highest BCUT2D eigenvalue weighted by molar-refractivity contribution is 6.32. The summed E-state index contributed by atoms with van der Waals surface area (Å²) in [6.07, 6.45) is 0. The number of Topliss-reactive ketones (excluding diaryl/α,β-unsaturated/α-hetero) is 2. The minimum atomic E-state index is -3.22. The van der Waals surface area contributed by atoms with E-state index in [1.807, 2.05) is 0 Å². The average Bonchev–Trinajstić information content (AvgIpc) is 2.94. The molecule has 206 valence electrons. The number of anilines is 2. The SMILES string of the molecule is COc1cc(C([C@@H]2C(=O)c3ccccc3N(C)C2=O)[C@@H]2C(=O)c3ccccc3N(C)C2=O)cc(Cl)c1OC(F)F. The number of carbonyl (C=O) groups is 4. The van der Waals surface area contributed by atoms with Crippen molar-refractivity contribution in [2.75, 3.05) is 31.0 Å². The normalized spacial score (nSPS) is 18.8. The maximum Gasteiger partial charge on any atom is 0.387 e. The Balaban J connectivity index is 1.75. The molecule has 0 fully saturated rings. The van der Waals surface area contributed by atoms with E-state index in [4.69, 9.17) is 16.3 Å². The van der Waals surface area contributed by atoms with Gasteiger partial charge in [-0.15, -0.1) is 0 Å². The number of amides is 2. The van der Waals surface area contributed by atoms with Crippen LogP contribution in [0.5, 0.6) is 11.5 Å². The van der Waals surface area contributed by atoms with E-state index in [1.165, 1.54) is 43.1 Å². The van der Waals surface area contributed by atoms with Crippen LogP contribution in [-0.2, 0) is 9.59 Å². The standard InChI is InChI=1S/C29H23ClF2N2O6/c1-33-18-10-6-4-8-15(18)24(35)22(27(33)37)21(14-12-17(30)26(40-29(31)32)20(13-14)39-3)23-25(36)16-9-5-7-11-19(16)34(2)28(23)38/h4-13,21-23,29H,1-3H3/t22-,23-/m1/s1. The van der Waals surface area contributed by atoms with Crippen LogP contribution >= 0.6 is 11.6 Å². The number of para-hydroxylation sites is 2. The summed E-state index contributed by atoms with van der Waals surface area (Å²) in [4.78, 5) is 58.2. The number of hydrogen-bond acceptors (Lipinski definition) is 6. The van der Waals surface area contributed by atoms with Crippen LogP contribution < -0.4 is 19.3 Å². The molecule has 0 radical (unpaired) electrons. The quantitative estimate of drug-likeness (QED) is 0.389. The first-order valence-electron chi connectivity index (χ1n) is 12.2. The van der Waals surface area contributed by atoms with E-state index in [-0.39, 0.29) is 27.5 Å². The van der Waals surface area contributed by atoms with Crippen LogP contribution in [0, 0.1) is 11.8 Å². The number of ketones is 2. The van der Waals surface area contributed by atoms with E-state index in [0.29, 0.717) is 11.4 Å². The van der Waals surface area contributed by atoms with Gasteiger partial charge in [0.1, 0.15) is 11.8 Å². The summed E-state index contributed by atoms with van der Waals surface area (Å²) in [5.74, 6) is -7.53. The molecule has 0 saturated heterocycles. The third kappa shape index (κ3) is 4.28. The number of nitrogens with zero attached hydrogens (tertiary/aromatic N) is 2. The molecule has 2 aliphatic rings. The maximum absolute atomic E-state index is 14.0. The minimum absolute atomic E-state index is 0.0995. The van der Waals surface area contributed by atoms with Crippen molar-refractivity contribution >= 4 is 46.4 Å². The van der Waals surface area contributed by atoms with Crippen LogP contribution in [0.3, 0.4) is 0 Å². The van der Waals surface area contributed by atoms with E-state index in [2.05, 4.69) is 4.74 Å². The van der Waals surface area contributed by atoms with Gasteiger partial charge in [0.05, 0.1) is 23.5 Å². The van der Waals surface area contributed by atoms with Crippen molar-refractivity contribution in [2.24, 2.45) is 11.8 Å². The monoisotopic (exact) mass is 568 g/mol. The Morgan fingerprint density at radius 2 is 1.27 bits per heavy atom. The van der Waals surface area contributed by atoms with Crippen LogP contribution in [-0.4, -0.2) is 51.2 Å². The summed E-state index contributed by atoms with van der Waals surface area (Å²) < 4.78 is 36.0. The fourth-order valence-electron chi connectivity index (χ4n) is 5.51. The number of alkyl halides is 2. The van der Waals surface area contributed by atoms with Gasteiger partial charge in [0.2, 0.25) is 11.8 Å². The highest BCUT2D eigenvalue weighted by Crippen LogP contribution is 2.48. The highest BCUT2D eigenvalue weighted by atomic mass is 35.5. The molecule has 2 atom stereocenters. The fraction of sp³-hybridized carbons (Fsp3) is 0.241. The Morgan fingerprint density at radius 3 is 1.73 bits per heavy atom. The van der Waals surface area contributed by atoms with Gasteiger partial charge in [-0.2, -0.15) is 8.78 Å². The van der Waals surface area contributed by atoms with Gasteiger partial charge in [0.15, 0.2) is 23.1 Å². The Bertz CT molecular complexity index is 1480. The van der Waals surface area contributed by atoms with Gasteiger partial charge in [-0.25, -0.2) is 0 Å². The summed E-state index contributed by atoms with van der Waals surface area (Å²) in [5, 5.41) is -0.312. The van der Waals surface area contributed by atoms with Crippen LogP contribution in [0.25, 0.3) is 0 Å². The highest BCUT2D eigenvalue weighted by Gasteiger charge is 2.52. The van der Waals surface area contributed by atoms with Gasteiger partial charge in [-0.1, -0.05) is 35.9 Å². The molecule has 3 aromatic carbocycles. The molecule has 2 aliphatic heterocycles. The number of rotatable bonds is 6. The minimum Gasteiger partial charge on any atom is -0.493 e. The summed E-state index contributed by atoms with van der Waals surface area (Å²) in [5.41, 5.74) is 1.34. The van der Waals surface area contributed by atoms with Crippen molar-refractivity contribution < 1.29 is 37.4 Å². The zero-order valence-corrected chi connectivity index (χ0v) is 22.3. The number of benzene rings is 3. The molecule has 11 heteroatoms. The fourth-order valence-corrected chi connectivity index (χ4v) is 5.77. The summed E-state index contributed by atoms with van der Waals surface area (Å²) in [7, 11) is 4.19. The summed E-state index contributed by atoms with van der Waals surface area (Å²) >= 11 is 6.35. The lowest BCUT2D eigenvalue weighted by atomic mass is 9.68. The summed E-state index contributed by atoms with van der Waals surface area (Å²) in [6, 6.07) is 15.5. The van der Waals surface area contributed by atoms with Crippen LogP contribution in [0.15, 0.2) is 60.7 Å². The number of methoxy groups -OCH3 is 1. The van der Waals surface area contributed by atoms with Gasteiger partial charge in [0.25, 0.3) is 0 Å². The molecule has 0 saturated carbocycles. The molecule has 8 nitrogen and oxygen atoms in total. The Hall–Kier alpha value is -4.31. The zero-order valence-electron chi connectivity index (χ0n) is 21.6. The molecule has 0 bridgehead atoms. The van der Waals surface area contributed by atoms with E-state index >= 15 is 0 Å². The number of hydrogen-bond donors (Lipinski definition) is 0. The van der Waals surface area contributed by atoms with Crippen molar-refractivity contribution in [1.29, 1.82) is 0 Å². The average molecular weight is 569 g/mol. The molecule has 5 rings (SSSR count). The zero-order chi connectivity index (χ0) is 28.9. The van der Waals surface area contributed by atoms with Crippen molar-refractivity contribution in [3.05, 3.63) is 82.4 Å². The molecule has 3 aromatic rings. The van der Waals surface area contributed by atoms with E-state index in [9.17, 15) is 28.0 Å². The first-order valence-corrected chi connectivity index (χ1v) is 12.6. The Kier molecular flexibility index (Phi) is 7.05. The molecule has 0 spiro atoms. The van der Waals surface area contributed by atoms with Crippen LogP contribution in [0.4, 0.5) is 20.2 Å². The molecule has 0 aromatic heterocycles. The van der Waals surface area contributed by atoms with Crippen molar-refractivity contribution in [2.45, 2.75) is 12.5 Å². The van der Waals surface area contributed by atoms with E-state index in [1.54, 1.807) is 48.5 Å². The summed E-state index contributed by atoms with van der Waals surface area (Å²) in [6.45, 7) is -3.22. The van der Waals surface area contributed by atoms with Crippen molar-refractivity contribution in [1.82, 2.24) is 0 Å². The molecule has 0 aliphatic carbocycles. The third-order valence-electron chi connectivity index (χ3n) is 7.38. The molecule has 40 heavy (non-hydrogen) atoms. The predicted octanol–water partition coefficient (Wildman–Crippen LogP) is 4.98. The number of carbonyl (C=O) groups excluding carboxylic acids is 4. The maximum atomic E-state index is 14.0. The molecule has 2 amide bonds. The largest absolute Gasteiger partial charge is 0.493 e. The van der Waals surface area contributed by atoms with E-state index < -0.39 is 53.5 Å². The second kappa shape index (κ2) is 10.3. The molecular weight excluding hydrogens is 546 g/mol.